The molecule has 0 saturated carbocycles. The number of hydrogen-bond donors (Lipinski definition) is 0. The lowest BCUT2D eigenvalue weighted by molar-refractivity contribution is 0.477. The fourth-order valence-electron chi connectivity index (χ4n) is 1.64. The Morgan fingerprint density at radius 2 is 1.89 bits per heavy atom. The van der Waals surface area contributed by atoms with Crippen LogP contribution in [-0.2, 0) is 0 Å². The standard InChI is InChI=1S/C14H11FN2O/c1-9-7-14(13(8-16)10(2)17-9)18-12-5-3-11(15)4-6-12/h3-7H,1-2H3. The summed E-state index contributed by atoms with van der Waals surface area (Å²) in [6.45, 7) is 3.58. The van der Waals surface area contributed by atoms with Crippen molar-refractivity contribution in [2.75, 3.05) is 0 Å². The molecule has 1 aromatic heterocycles. The van der Waals surface area contributed by atoms with Crippen LogP contribution in [0.4, 0.5) is 4.39 Å². The molecule has 0 amide bonds. The van der Waals surface area contributed by atoms with E-state index in [-0.39, 0.29) is 5.82 Å². The smallest absolute Gasteiger partial charge is 0.148 e. The van der Waals surface area contributed by atoms with E-state index < -0.39 is 0 Å². The molecule has 0 radical (unpaired) electrons. The Labute approximate surface area is 104 Å². The Morgan fingerprint density at radius 3 is 2.50 bits per heavy atom. The molecule has 0 spiro atoms. The summed E-state index contributed by atoms with van der Waals surface area (Å²) in [4.78, 5) is 4.20. The molecule has 0 aliphatic rings. The topological polar surface area (TPSA) is 45.9 Å². The fourth-order valence-corrected chi connectivity index (χ4v) is 1.64. The highest BCUT2D eigenvalue weighted by Gasteiger charge is 2.10. The van der Waals surface area contributed by atoms with Crippen LogP contribution in [0.5, 0.6) is 11.5 Å². The molecule has 18 heavy (non-hydrogen) atoms. The number of aryl methyl sites for hydroxylation is 2. The van der Waals surface area contributed by atoms with E-state index in [0.29, 0.717) is 22.8 Å². The van der Waals surface area contributed by atoms with Crippen molar-refractivity contribution < 1.29 is 9.13 Å². The molecule has 0 saturated heterocycles. The molecular formula is C14H11FN2O. The van der Waals surface area contributed by atoms with Gasteiger partial charge in [0.2, 0.25) is 0 Å². The van der Waals surface area contributed by atoms with Crippen LogP contribution in [0, 0.1) is 31.0 Å². The van der Waals surface area contributed by atoms with Crippen LogP contribution in [0.25, 0.3) is 0 Å². The minimum Gasteiger partial charge on any atom is -0.456 e. The number of halogens is 1. The van der Waals surface area contributed by atoms with E-state index >= 15 is 0 Å². The maximum Gasteiger partial charge on any atom is 0.148 e. The van der Waals surface area contributed by atoms with E-state index in [4.69, 9.17) is 10.00 Å². The first-order valence-corrected chi connectivity index (χ1v) is 5.42. The van der Waals surface area contributed by atoms with Gasteiger partial charge in [-0.25, -0.2) is 4.39 Å². The van der Waals surface area contributed by atoms with Crippen LogP contribution in [0.15, 0.2) is 30.3 Å². The van der Waals surface area contributed by atoms with Gasteiger partial charge in [-0.05, 0) is 38.1 Å². The summed E-state index contributed by atoms with van der Waals surface area (Å²) in [5, 5.41) is 9.08. The quantitative estimate of drug-likeness (QED) is 0.809. The number of rotatable bonds is 2. The fraction of sp³-hybridized carbons (Fsp3) is 0.143. The van der Waals surface area contributed by atoms with Crippen molar-refractivity contribution in [3.05, 3.63) is 53.1 Å². The molecule has 90 valence electrons. The predicted octanol–water partition coefficient (Wildman–Crippen LogP) is 3.50. The molecule has 0 aliphatic carbocycles. The molecule has 1 heterocycles. The van der Waals surface area contributed by atoms with Crippen LogP contribution in [0.3, 0.4) is 0 Å². The molecule has 2 rings (SSSR count). The lowest BCUT2D eigenvalue weighted by atomic mass is 10.2. The first kappa shape index (κ1) is 12.1. The molecule has 3 nitrogen and oxygen atoms in total. The summed E-state index contributed by atoms with van der Waals surface area (Å²) in [5.41, 5.74) is 1.78. The molecule has 0 bridgehead atoms. The summed E-state index contributed by atoms with van der Waals surface area (Å²) in [6.07, 6.45) is 0. The van der Waals surface area contributed by atoms with Crippen molar-refractivity contribution in [1.29, 1.82) is 5.26 Å². The number of pyridine rings is 1. The highest BCUT2D eigenvalue weighted by atomic mass is 19.1. The second kappa shape index (κ2) is 4.84. The van der Waals surface area contributed by atoms with Gasteiger partial charge in [0, 0.05) is 11.8 Å². The summed E-state index contributed by atoms with van der Waals surface area (Å²) in [6, 6.07) is 9.40. The van der Waals surface area contributed by atoms with Gasteiger partial charge in [0.15, 0.2) is 0 Å². The van der Waals surface area contributed by atoms with E-state index in [2.05, 4.69) is 11.1 Å². The zero-order chi connectivity index (χ0) is 13.1. The van der Waals surface area contributed by atoms with Crippen molar-refractivity contribution in [3.63, 3.8) is 0 Å². The molecular weight excluding hydrogens is 231 g/mol. The highest BCUT2D eigenvalue weighted by Crippen LogP contribution is 2.27. The molecule has 2 aromatic rings. The van der Waals surface area contributed by atoms with Crippen LogP contribution < -0.4 is 4.74 Å². The third kappa shape index (κ3) is 2.46. The largest absolute Gasteiger partial charge is 0.456 e. The van der Waals surface area contributed by atoms with Gasteiger partial charge in [-0.1, -0.05) is 0 Å². The molecule has 1 aromatic carbocycles. The SMILES string of the molecule is Cc1cc(Oc2ccc(F)cc2)c(C#N)c(C)n1. The van der Waals surface area contributed by atoms with Gasteiger partial charge >= 0.3 is 0 Å². The van der Waals surface area contributed by atoms with Crippen molar-refractivity contribution >= 4 is 0 Å². The Balaban J connectivity index is 2.40. The Hall–Kier alpha value is -2.41. The molecule has 0 atom stereocenters. The molecule has 0 aliphatic heterocycles. The Bertz CT molecular complexity index is 615. The minimum atomic E-state index is -0.329. The Kier molecular flexibility index (Phi) is 3.24. The van der Waals surface area contributed by atoms with E-state index in [1.54, 1.807) is 13.0 Å². The van der Waals surface area contributed by atoms with Crippen LogP contribution in [0.2, 0.25) is 0 Å². The summed E-state index contributed by atoms with van der Waals surface area (Å²) in [5.74, 6) is 0.594. The average molecular weight is 242 g/mol. The van der Waals surface area contributed by atoms with Crippen molar-refractivity contribution in [3.8, 4) is 17.6 Å². The zero-order valence-corrected chi connectivity index (χ0v) is 10.1. The van der Waals surface area contributed by atoms with E-state index in [1.807, 2.05) is 6.92 Å². The number of aromatic nitrogens is 1. The first-order valence-electron chi connectivity index (χ1n) is 5.42. The maximum atomic E-state index is 12.8. The molecule has 0 N–H and O–H groups in total. The second-order valence-electron chi connectivity index (χ2n) is 3.89. The lowest BCUT2D eigenvalue weighted by Crippen LogP contribution is -1.96. The number of ether oxygens (including phenoxy) is 1. The third-order valence-corrected chi connectivity index (χ3v) is 2.45. The van der Waals surface area contributed by atoms with Crippen LogP contribution >= 0.6 is 0 Å². The first-order chi connectivity index (χ1) is 8.60. The van der Waals surface area contributed by atoms with E-state index in [1.165, 1.54) is 24.3 Å². The Morgan fingerprint density at radius 1 is 1.22 bits per heavy atom. The van der Waals surface area contributed by atoms with Gasteiger partial charge in [0.1, 0.15) is 28.9 Å². The molecule has 0 fully saturated rings. The van der Waals surface area contributed by atoms with Crippen LogP contribution in [0.1, 0.15) is 17.0 Å². The monoisotopic (exact) mass is 242 g/mol. The number of nitrogens with zero attached hydrogens (tertiary/aromatic N) is 2. The number of hydrogen-bond acceptors (Lipinski definition) is 3. The maximum absolute atomic E-state index is 12.8. The summed E-state index contributed by atoms with van der Waals surface area (Å²) >= 11 is 0. The van der Waals surface area contributed by atoms with Gasteiger partial charge in [0.25, 0.3) is 0 Å². The van der Waals surface area contributed by atoms with Crippen molar-refractivity contribution in [2.45, 2.75) is 13.8 Å². The number of benzene rings is 1. The number of nitriles is 1. The lowest BCUT2D eigenvalue weighted by Gasteiger charge is -2.09. The van der Waals surface area contributed by atoms with Gasteiger partial charge < -0.3 is 4.74 Å². The second-order valence-corrected chi connectivity index (χ2v) is 3.89. The third-order valence-electron chi connectivity index (χ3n) is 2.45. The highest BCUT2D eigenvalue weighted by molar-refractivity contribution is 5.48. The summed E-state index contributed by atoms with van der Waals surface area (Å²) in [7, 11) is 0. The normalized spacial score (nSPS) is 9.89. The minimum absolute atomic E-state index is 0.329. The van der Waals surface area contributed by atoms with Gasteiger partial charge in [0.05, 0.1) is 5.69 Å². The average Bonchev–Trinajstić information content (AvgIpc) is 2.32. The van der Waals surface area contributed by atoms with Gasteiger partial charge in [-0.3, -0.25) is 4.98 Å². The van der Waals surface area contributed by atoms with E-state index in [9.17, 15) is 4.39 Å². The summed E-state index contributed by atoms with van der Waals surface area (Å²) < 4.78 is 18.4. The van der Waals surface area contributed by atoms with E-state index in [0.717, 1.165) is 5.69 Å². The van der Waals surface area contributed by atoms with Crippen molar-refractivity contribution in [2.24, 2.45) is 0 Å². The zero-order valence-electron chi connectivity index (χ0n) is 10.1. The van der Waals surface area contributed by atoms with Gasteiger partial charge in [-0.2, -0.15) is 5.26 Å². The molecule has 0 unspecified atom stereocenters. The van der Waals surface area contributed by atoms with Crippen LogP contribution in [-0.4, -0.2) is 4.98 Å². The van der Waals surface area contributed by atoms with Crippen molar-refractivity contribution in [1.82, 2.24) is 4.98 Å². The van der Waals surface area contributed by atoms with Gasteiger partial charge in [-0.15, -0.1) is 0 Å². The predicted molar refractivity (Wildman–Crippen MR) is 64.9 cm³/mol. The molecule has 4 heteroatoms.